The van der Waals surface area contributed by atoms with E-state index >= 15 is 0 Å². The van der Waals surface area contributed by atoms with Crippen LogP contribution in [0.4, 0.5) is 13.2 Å². The summed E-state index contributed by atoms with van der Waals surface area (Å²) in [7, 11) is 0. The van der Waals surface area contributed by atoms with Gasteiger partial charge in [-0.2, -0.15) is 5.10 Å². The lowest BCUT2D eigenvalue weighted by molar-refractivity contribution is -0.274. The minimum absolute atomic E-state index is 0.139. The first kappa shape index (κ1) is 22.4. The summed E-state index contributed by atoms with van der Waals surface area (Å²) in [6.45, 7) is 4.83. The first-order valence-electron chi connectivity index (χ1n) is 9.85. The molecule has 2 aromatic rings. The topological polar surface area (TPSA) is 64.0 Å². The summed E-state index contributed by atoms with van der Waals surface area (Å²) in [6.07, 6.45) is 0.154. The summed E-state index contributed by atoms with van der Waals surface area (Å²) in [5.74, 6) is 0.0753. The van der Waals surface area contributed by atoms with Crippen molar-refractivity contribution in [3.05, 3.63) is 36.2 Å². The maximum absolute atomic E-state index is 12.8. The van der Waals surface area contributed by atoms with Crippen molar-refractivity contribution in [2.24, 2.45) is 0 Å². The number of aromatic nitrogens is 2. The fourth-order valence-electron chi connectivity index (χ4n) is 3.12. The van der Waals surface area contributed by atoms with Gasteiger partial charge in [0.25, 0.3) is 0 Å². The zero-order valence-corrected chi connectivity index (χ0v) is 16.9. The zero-order valence-electron chi connectivity index (χ0n) is 16.9. The molecule has 3 rings (SSSR count). The normalized spacial score (nSPS) is 17.3. The minimum Gasteiger partial charge on any atom is -0.454 e. The molecule has 1 aromatic carbocycles. The van der Waals surface area contributed by atoms with Crippen molar-refractivity contribution in [3.8, 4) is 17.2 Å². The third-order valence-corrected chi connectivity index (χ3v) is 4.31. The quantitative estimate of drug-likeness (QED) is 0.500. The van der Waals surface area contributed by atoms with E-state index in [9.17, 15) is 13.2 Å². The molecule has 30 heavy (non-hydrogen) atoms. The number of rotatable bonds is 9. The van der Waals surface area contributed by atoms with Gasteiger partial charge in [-0.3, -0.25) is 0 Å². The Morgan fingerprint density at radius 2 is 1.83 bits per heavy atom. The second kappa shape index (κ2) is 10.1. The summed E-state index contributed by atoms with van der Waals surface area (Å²) < 4.78 is 66.5. The largest absolute Gasteiger partial charge is 0.573 e. The number of nitrogens with zero attached hydrogens (tertiary/aromatic N) is 2. The Bertz CT molecular complexity index is 800. The van der Waals surface area contributed by atoms with E-state index in [2.05, 4.69) is 9.84 Å². The van der Waals surface area contributed by atoms with Crippen LogP contribution in [-0.2, 0) is 14.2 Å². The maximum atomic E-state index is 12.8. The SMILES string of the molecule is CCOC(OCC)c1cc(Oc2cnn(C3CCCCO3)c2)cc(OC(F)(F)F)c1. The van der Waals surface area contributed by atoms with Crippen LogP contribution in [0.15, 0.2) is 30.6 Å². The molecule has 0 radical (unpaired) electrons. The standard InChI is InChI=1S/C20H25F3N2O5/c1-3-26-19(27-4-2)14-9-15(11-16(10-14)30-20(21,22)23)29-17-12-24-25(13-17)18-7-5-6-8-28-18/h9-13,18-19H,3-8H2,1-2H3. The van der Waals surface area contributed by atoms with E-state index in [0.717, 1.165) is 25.3 Å². The zero-order chi connectivity index (χ0) is 21.6. The maximum Gasteiger partial charge on any atom is 0.573 e. The van der Waals surface area contributed by atoms with Crippen molar-refractivity contribution >= 4 is 0 Å². The van der Waals surface area contributed by atoms with Crippen LogP contribution in [-0.4, -0.2) is 36.0 Å². The van der Waals surface area contributed by atoms with Crippen LogP contribution in [0, 0.1) is 0 Å². The molecule has 1 atom stereocenters. The van der Waals surface area contributed by atoms with Crippen LogP contribution in [0.3, 0.4) is 0 Å². The predicted molar refractivity (Wildman–Crippen MR) is 100 cm³/mol. The molecule has 7 nitrogen and oxygen atoms in total. The lowest BCUT2D eigenvalue weighted by atomic mass is 10.2. The Balaban J connectivity index is 1.84. The van der Waals surface area contributed by atoms with E-state index in [0.29, 0.717) is 31.1 Å². The van der Waals surface area contributed by atoms with Crippen molar-refractivity contribution < 1.29 is 36.9 Å². The highest BCUT2D eigenvalue weighted by Gasteiger charge is 2.32. The molecule has 1 unspecified atom stereocenters. The summed E-state index contributed by atoms with van der Waals surface area (Å²) in [6, 6.07) is 3.92. The fourth-order valence-corrected chi connectivity index (χ4v) is 3.12. The third kappa shape index (κ3) is 6.35. The van der Waals surface area contributed by atoms with Gasteiger partial charge in [-0.05, 0) is 45.2 Å². The van der Waals surface area contributed by atoms with Crippen LogP contribution in [0.25, 0.3) is 0 Å². The summed E-state index contributed by atoms with van der Waals surface area (Å²) >= 11 is 0. The van der Waals surface area contributed by atoms with Gasteiger partial charge in [0.15, 0.2) is 12.0 Å². The Morgan fingerprint density at radius 3 is 2.47 bits per heavy atom. The van der Waals surface area contributed by atoms with Crippen molar-refractivity contribution in [2.45, 2.75) is 52.0 Å². The van der Waals surface area contributed by atoms with E-state index in [4.69, 9.17) is 18.9 Å². The van der Waals surface area contributed by atoms with Crippen molar-refractivity contribution in [1.82, 2.24) is 9.78 Å². The van der Waals surface area contributed by atoms with Gasteiger partial charge in [-0.1, -0.05) is 0 Å². The highest BCUT2D eigenvalue weighted by molar-refractivity contribution is 5.41. The Kier molecular flexibility index (Phi) is 7.57. The molecule has 0 N–H and O–H groups in total. The van der Waals surface area contributed by atoms with Gasteiger partial charge < -0.3 is 23.7 Å². The van der Waals surface area contributed by atoms with E-state index in [1.165, 1.54) is 12.3 Å². The minimum atomic E-state index is -4.84. The lowest BCUT2D eigenvalue weighted by Gasteiger charge is -2.22. The monoisotopic (exact) mass is 430 g/mol. The van der Waals surface area contributed by atoms with E-state index in [1.54, 1.807) is 30.8 Å². The molecule has 0 saturated carbocycles. The van der Waals surface area contributed by atoms with Gasteiger partial charge in [0, 0.05) is 31.5 Å². The number of hydrogen-bond donors (Lipinski definition) is 0. The molecule has 0 aliphatic carbocycles. The highest BCUT2D eigenvalue weighted by Crippen LogP contribution is 2.34. The van der Waals surface area contributed by atoms with Crippen LogP contribution in [0.1, 0.15) is 51.2 Å². The number of ether oxygens (including phenoxy) is 5. The number of benzene rings is 1. The smallest absolute Gasteiger partial charge is 0.454 e. The first-order valence-corrected chi connectivity index (χ1v) is 9.85. The number of alkyl halides is 3. The van der Waals surface area contributed by atoms with Gasteiger partial charge >= 0.3 is 6.36 Å². The van der Waals surface area contributed by atoms with E-state index in [1.807, 2.05) is 0 Å². The summed E-state index contributed by atoms with van der Waals surface area (Å²) in [5, 5.41) is 4.24. The summed E-state index contributed by atoms with van der Waals surface area (Å²) in [4.78, 5) is 0. The molecule has 1 aromatic heterocycles. The molecule has 1 saturated heterocycles. The van der Waals surface area contributed by atoms with E-state index in [-0.39, 0.29) is 12.0 Å². The van der Waals surface area contributed by atoms with Crippen molar-refractivity contribution in [1.29, 1.82) is 0 Å². The summed E-state index contributed by atoms with van der Waals surface area (Å²) in [5.41, 5.74) is 0.346. The van der Waals surface area contributed by atoms with Crippen LogP contribution < -0.4 is 9.47 Å². The second-order valence-corrected chi connectivity index (χ2v) is 6.61. The van der Waals surface area contributed by atoms with Gasteiger partial charge in [-0.25, -0.2) is 4.68 Å². The third-order valence-electron chi connectivity index (χ3n) is 4.31. The molecular weight excluding hydrogens is 405 g/mol. The number of halogens is 3. The predicted octanol–water partition coefficient (Wildman–Crippen LogP) is 5.34. The first-order chi connectivity index (χ1) is 14.4. The molecule has 0 amide bonds. The van der Waals surface area contributed by atoms with Gasteiger partial charge in [0.1, 0.15) is 17.7 Å². The molecule has 2 heterocycles. The van der Waals surface area contributed by atoms with Crippen LogP contribution in [0.5, 0.6) is 17.2 Å². The van der Waals surface area contributed by atoms with Gasteiger partial charge in [0.2, 0.25) is 0 Å². The Hall–Kier alpha value is -2.30. The average molecular weight is 430 g/mol. The molecule has 1 fully saturated rings. The lowest BCUT2D eigenvalue weighted by Crippen LogP contribution is -2.18. The Morgan fingerprint density at radius 1 is 1.10 bits per heavy atom. The highest BCUT2D eigenvalue weighted by atomic mass is 19.4. The van der Waals surface area contributed by atoms with Gasteiger partial charge in [-0.15, -0.1) is 13.2 Å². The Labute approximate surface area is 172 Å². The second-order valence-electron chi connectivity index (χ2n) is 6.61. The molecule has 1 aliphatic heterocycles. The van der Waals surface area contributed by atoms with Gasteiger partial charge in [0.05, 0.1) is 12.4 Å². The molecule has 0 spiro atoms. The number of hydrogen-bond acceptors (Lipinski definition) is 6. The van der Waals surface area contributed by atoms with Crippen LogP contribution in [0.2, 0.25) is 0 Å². The molecule has 1 aliphatic rings. The van der Waals surface area contributed by atoms with Crippen LogP contribution >= 0.6 is 0 Å². The molecular formula is C20H25F3N2O5. The molecule has 10 heteroatoms. The average Bonchev–Trinajstić information content (AvgIpc) is 3.15. The van der Waals surface area contributed by atoms with E-state index < -0.39 is 18.4 Å². The molecule has 166 valence electrons. The fraction of sp³-hybridized carbons (Fsp3) is 0.550. The molecule has 0 bridgehead atoms. The van der Waals surface area contributed by atoms with Crippen molar-refractivity contribution in [2.75, 3.05) is 19.8 Å². The van der Waals surface area contributed by atoms with Crippen molar-refractivity contribution in [3.63, 3.8) is 0 Å².